The number of hydrogen-bond donors (Lipinski definition) is 2. The predicted octanol–water partition coefficient (Wildman–Crippen LogP) is 2.68. The van der Waals surface area contributed by atoms with Gasteiger partial charge < -0.3 is 15.2 Å². The summed E-state index contributed by atoms with van der Waals surface area (Å²) < 4.78 is 18.3. The van der Waals surface area contributed by atoms with Crippen LogP contribution >= 0.6 is 0 Å². The van der Waals surface area contributed by atoms with Crippen LogP contribution in [0.4, 0.5) is 4.39 Å². The molecule has 0 aliphatic heterocycles. The Balaban J connectivity index is 1.37. The molecule has 5 nitrogen and oxygen atoms in total. The summed E-state index contributed by atoms with van der Waals surface area (Å²) in [5.74, 6) is -1.64. The van der Waals surface area contributed by atoms with Gasteiger partial charge >= 0.3 is 5.97 Å². The number of fused-ring (bicyclic) bond motifs is 2. The van der Waals surface area contributed by atoms with Crippen LogP contribution in [0.1, 0.15) is 24.0 Å². The Morgan fingerprint density at radius 1 is 1.22 bits per heavy atom. The van der Waals surface area contributed by atoms with Crippen molar-refractivity contribution in [1.29, 1.82) is 0 Å². The maximum atomic E-state index is 13.0. The molecule has 2 aromatic rings. The number of hydrogen-bond acceptors (Lipinski definition) is 3. The molecule has 0 saturated heterocycles. The summed E-state index contributed by atoms with van der Waals surface area (Å²) >= 11 is 0. The van der Waals surface area contributed by atoms with E-state index in [2.05, 4.69) is 17.4 Å². The molecule has 3 unspecified atom stereocenters. The molecule has 3 atom stereocenters. The molecule has 1 saturated carbocycles. The first-order chi connectivity index (χ1) is 13.0. The molecule has 4 rings (SSSR count). The molecule has 0 radical (unpaired) electrons. The minimum absolute atomic E-state index is 0.0861. The quantitative estimate of drug-likeness (QED) is 0.821. The van der Waals surface area contributed by atoms with E-state index in [1.807, 2.05) is 12.1 Å². The zero-order valence-corrected chi connectivity index (χ0v) is 14.7. The molecular weight excluding hydrogens is 349 g/mol. The lowest BCUT2D eigenvalue weighted by molar-refractivity contribution is -0.145. The molecule has 0 aromatic heterocycles. The Bertz CT molecular complexity index is 882. The van der Waals surface area contributed by atoms with E-state index >= 15 is 0 Å². The van der Waals surface area contributed by atoms with E-state index in [1.165, 1.54) is 35.4 Å². The molecule has 1 fully saturated rings. The number of carboxylic acid groups (broad SMARTS) is 1. The van der Waals surface area contributed by atoms with Gasteiger partial charge in [-0.1, -0.05) is 24.3 Å². The summed E-state index contributed by atoms with van der Waals surface area (Å²) in [6.45, 7) is -0.139. The zero-order valence-electron chi connectivity index (χ0n) is 14.7. The van der Waals surface area contributed by atoms with Crippen molar-refractivity contribution >= 4 is 11.9 Å². The number of aryl methyl sites for hydroxylation is 1. The fourth-order valence-electron chi connectivity index (χ4n) is 4.11. The molecule has 2 aliphatic rings. The molecule has 2 aromatic carbocycles. The Morgan fingerprint density at radius 2 is 1.96 bits per heavy atom. The molecular formula is C21H20FNO4. The largest absolute Gasteiger partial charge is 0.478 e. The Kier molecular flexibility index (Phi) is 4.34. The maximum Gasteiger partial charge on any atom is 0.346 e. The lowest BCUT2D eigenvalue weighted by atomic mass is 9.95. The standard InChI is InChI=1S/C21H20FNO4/c22-14-5-7-15(8-6-14)27-18(20(25)26)12-23-19(24)17-11-21(17)10-9-13-3-1-2-4-16(13)21/h1-8,17-18H,9-12H2,(H,23,24)(H,25,26). The molecule has 6 heteroatoms. The number of carboxylic acids is 1. The van der Waals surface area contributed by atoms with E-state index < -0.39 is 17.9 Å². The number of amides is 1. The summed E-state index contributed by atoms with van der Waals surface area (Å²) in [6.07, 6.45) is 1.50. The highest BCUT2D eigenvalue weighted by molar-refractivity contribution is 5.85. The van der Waals surface area contributed by atoms with Crippen molar-refractivity contribution in [3.8, 4) is 5.75 Å². The van der Waals surface area contributed by atoms with Crippen LogP contribution in [-0.2, 0) is 21.4 Å². The number of benzene rings is 2. The zero-order chi connectivity index (χ0) is 19.0. The number of rotatable bonds is 6. The Morgan fingerprint density at radius 3 is 2.70 bits per heavy atom. The lowest BCUT2D eigenvalue weighted by Crippen LogP contribution is -2.41. The van der Waals surface area contributed by atoms with Crippen molar-refractivity contribution in [2.24, 2.45) is 5.92 Å². The van der Waals surface area contributed by atoms with E-state index in [0.29, 0.717) is 0 Å². The number of ether oxygens (including phenoxy) is 1. The highest BCUT2D eigenvalue weighted by Gasteiger charge is 2.61. The van der Waals surface area contributed by atoms with Crippen molar-refractivity contribution in [2.45, 2.75) is 30.8 Å². The molecule has 140 valence electrons. The minimum atomic E-state index is -1.23. The summed E-state index contributed by atoms with van der Waals surface area (Å²) in [7, 11) is 0. The van der Waals surface area contributed by atoms with Crippen LogP contribution < -0.4 is 10.1 Å². The average molecular weight is 369 g/mol. The first-order valence-corrected chi connectivity index (χ1v) is 9.01. The van der Waals surface area contributed by atoms with E-state index in [9.17, 15) is 19.1 Å². The number of carbonyl (C=O) groups is 2. The van der Waals surface area contributed by atoms with Crippen LogP contribution in [0.15, 0.2) is 48.5 Å². The van der Waals surface area contributed by atoms with Crippen LogP contribution in [0.5, 0.6) is 5.75 Å². The second-order valence-electron chi connectivity index (χ2n) is 7.21. The average Bonchev–Trinajstić information content (AvgIpc) is 3.29. The van der Waals surface area contributed by atoms with Gasteiger partial charge in [-0.05, 0) is 54.7 Å². The number of carbonyl (C=O) groups excluding carboxylic acids is 1. The van der Waals surface area contributed by atoms with Crippen LogP contribution in [0.25, 0.3) is 0 Å². The molecule has 2 N–H and O–H groups in total. The van der Waals surface area contributed by atoms with Crippen molar-refractivity contribution in [3.05, 3.63) is 65.5 Å². The first kappa shape index (κ1) is 17.5. The summed E-state index contributed by atoms with van der Waals surface area (Å²) in [6, 6.07) is 13.3. The number of aliphatic carboxylic acids is 1. The third-order valence-corrected chi connectivity index (χ3v) is 5.62. The van der Waals surface area contributed by atoms with Gasteiger partial charge in [0.05, 0.1) is 6.54 Å². The highest BCUT2D eigenvalue weighted by Crippen LogP contribution is 2.61. The van der Waals surface area contributed by atoms with E-state index in [1.54, 1.807) is 0 Å². The van der Waals surface area contributed by atoms with Gasteiger partial charge in [0.1, 0.15) is 11.6 Å². The molecule has 1 spiro atoms. The van der Waals surface area contributed by atoms with Crippen molar-refractivity contribution in [1.82, 2.24) is 5.32 Å². The second kappa shape index (κ2) is 6.68. The van der Waals surface area contributed by atoms with Gasteiger partial charge in [-0.3, -0.25) is 4.79 Å². The normalized spacial score (nSPS) is 23.5. The van der Waals surface area contributed by atoms with Crippen molar-refractivity contribution < 1.29 is 23.8 Å². The van der Waals surface area contributed by atoms with Crippen LogP contribution in [-0.4, -0.2) is 29.6 Å². The van der Waals surface area contributed by atoms with Crippen molar-refractivity contribution in [2.75, 3.05) is 6.54 Å². The molecule has 0 heterocycles. The van der Waals surface area contributed by atoms with E-state index in [4.69, 9.17) is 4.74 Å². The number of nitrogens with one attached hydrogen (secondary N) is 1. The van der Waals surface area contributed by atoms with Crippen LogP contribution in [0.2, 0.25) is 0 Å². The summed E-state index contributed by atoms with van der Waals surface area (Å²) in [4.78, 5) is 24.0. The smallest absolute Gasteiger partial charge is 0.346 e. The molecule has 2 aliphatic carbocycles. The summed E-state index contributed by atoms with van der Waals surface area (Å²) in [5, 5.41) is 12.1. The van der Waals surface area contributed by atoms with Gasteiger partial charge in [0.25, 0.3) is 0 Å². The predicted molar refractivity (Wildman–Crippen MR) is 96.0 cm³/mol. The Hall–Kier alpha value is -2.89. The van der Waals surface area contributed by atoms with Gasteiger partial charge in [-0.15, -0.1) is 0 Å². The Labute approximate surface area is 156 Å². The fourth-order valence-corrected chi connectivity index (χ4v) is 4.11. The van der Waals surface area contributed by atoms with E-state index in [-0.39, 0.29) is 29.5 Å². The van der Waals surface area contributed by atoms with E-state index in [0.717, 1.165) is 19.3 Å². The van der Waals surface area contributed by atoms with Crippen LogP contribution in [0.3, 0.4) is 0 Å². The van der Waals surface area contributed by atoms with Gasteiger partial charge in [0.2, 0.25) is 12.0 Å². The third-order valence-electron chi connectivity index (χ3n) is 5.62. The van der Waals surface area contributed by atoms with Gasteiger partial charge in [0, 0.05) is 11.3 Å². The monoisotopic (exact) mass is 369 g/mol. The maximum absolute atomic E-state index is 13.0. The van der Waals surface area contributed by atoms with Gasteiger partial charge in [-0.25, -0.2) is 9.18 Å². The molecule has 27 heavy (non-hydrogen) atoms. The highest BCUT2D eigenvalue weighted by atomic mass is 19.1. The molecule has 0 bridgehead atoms. The second-order valence-corrected chi connectivity index (χ2v) is 7.21. The first-order valence-electron chi connectivity index (χ1n) is 9.01. The topological polar surface area (TPSA) is 75.6 Å². The van der Waals surface area contributed by atoms with Gasteiger partial charge in [0.15, 0.2) is 0 Å². The minimum Gasteiger partial charge on any atom is -0.478 e. The molecule has 1 amide bonds. The van der Waals surface area contributed by atoms with Crippen LogP contribution in [0, 0.1) is 11.7 Å². The third kappa shape index (κ3) is 3.27. The van der Waals surface area contributed by atoms with Crippen molar-refractivity contribution in [3.63, 3.8) is 0 Å². The number of halogens is 1. The van der Waals surface area contributed by atoms with Gasteiger partial charge in [-0.2, -0.15) is 0 Å². The SMILES string of the molecule is O=C(O)C(CNC(=O)C1CC12CCc1ccccc12)Oc1ccc(F)cc1. The summed E-state index contributed by atoms with van der Waals surface area (Å²) in [5.41, 5.74) is 2.47. The fraction of sp³-hybridized carbons (Fsp3) is 0.333. The lowest BCUT2D eigenvalue weighted by Gasteiger charge is -2.17.